The van der Waals surface area contributed by atoms with Crippen LogP contribution in [0.2, 0.25) is 0 Å². The Bertz CT molecular complexity index is 159. The van der Waals surface area contributed by atoms with Gasteiger partial charge in [0, 0.05) is 0 Å². The largest absolute Gasteiger partial charge is 0.310 e. The number of nitriles is 1. The topological polar surface area (TPSA) is 52.9 Å². The van der Waals surface area contributed by atoms with Crippen LogP contribution < -0.4 is 5.32 Å². The normalized spacial score (nSPS) is 27.4. The van der Waals surface area contributed by atoms with Gasteiger partial charge in [0.15, 0.2) is 5.78 Å². The molecule has 1 fully saturated rings. The Morgan fingerprint density at radius 3 is 3.00 bits per heavy atom. The van der Waals surface area contributed by atoms with Crippen LogP contribution in [0.4, 0.5) is 0 Å². The quantitative estimate of drug-likeness (QED) is 0.482. The van der Waals surface area contributed by atoms with E-state index < -0.39 is 0 Å². The lowest BCUT2D eigenvalue weighted by Crippen LogP contribution is -2.36. The van der Waals surface area contributed by atoms with Gasteiger partial charge in [-0.3, -0.25) is 4.79 Å². The molecule has 0 amide bonds. The zero-order chi connectivity index (χ0) is 6.69. The minimum atomic E-state index is -0.341. The van der Waals surface area contributed by atoms with E-state index in [1.165, 1.54) is 0 Å². The van der Waals surface area contributed by atoms with Crippen molar-refractivity contribution < 1.29 is 4.79 Å². The fourth-order valence-electron chi connectivity index (χ4n) is 0.879. The summed E-state index contributed by atoms with van der Waals surface area (Å²) in [5, 5.41) is 11.3. The van der Waals surface area contributed by atoms with E-state index in [1.54, 1.807) is 0 Å². The van der Waals surface area contributed by atoms with Crippen LogP contribution >= 0.6 is 0 Å². The van der Waals surface area contributed by atoms with E-state index in [1.807, 2.05) is 6.07 Å². The predicted molar refractivity (Wildman–Crippen MR) is 31.6 cm³/mol. The van der Waals surface area contributed by atoms with E-state index in [0.29, 0.717) is 13.0 Å². The number of carbonyl (C=O) groups excluding carboxylic acids is 1. The summed E-state index contributed by atoms with van der Waals surface area (Å²) in [6.45, 7) is 1.17. The molecule has 3 heteroatoms. The van der Waals surface area contributed by atoms with Gasteiger partial charge in [0.2, 0.25) is 0 Å². The summed E-state index contributed by atoms with van der Waals surface area (Å²) in [6, 6.07) is 1.96. The van der Waals surface area contributed by atoms with Gasteiger partial charge in [0.1, 0.15) is 5.92 Å². The third kappa shape index (κ3) is 1.27. The van der Waals surface area contributed by atoms with E-state index >= 15 is 0 Å². The zero-order valence-corrected chi connectivity index (χ0v) is 5.05. The van der Waals surface area contributed by atoms with E-state index in [2.05, 4.69) is 5.32 Å². The Hall–Kier alpha value is -0.880. The van der Waals surface area contributed by atoms with Crippen LogP contribution in [0.3, 0.4) is 0 Å². The van der Waals surface area contributed by atoms with Gasteiger partial charge in [-0.25, -0.2) is 0 Å². The standard InChI is InChI=1S/C6H8N2O/c7-3-5-1-2-8-4-6(5)9/h5,8H,1-2,4H2. The lowest BCUT2D eigenvalue weighted by molar-refractivity contribution is -0.121. The first kappa shape index (κ1) is 6.24. The van der Waals surface area contributed by atoms with Gasteiger partial charge in [-0.05, 0) is 13.0 Å². The molecule has 1 rings (SSSR count). The summed E-state index contributed by atoms with van der Waals surface area (Å²) in [5.41, 5.74) is 0. The second-order valence-electron chi connectivity index (χ2n) is 2.11. The van der Waals surface area contributed by atoms with Crippen LogP contribution in [-0.2, 0) is 4.79 Å². The highest BCUT2D eigenvalue weighted by atomic mass is 16.1. The molecule has 1 atom stereocenters. The Morgan fingerprint density at radius 1 is 1.78 bits per heavy atom. The SMILES string of the molecule is N#CC1CCNCC1=O. The van der Waals surface area contributed by atoms with Crippen molar-refractivity contribution in [3.63, 3.8) is 0 Å². The fourth-order valence-corrected chi connectivity index (χ4v) is 0.879. The van der Waals surface area contributed by atoms with Crippen molar-refractivity contribution in [3.05, 3.63) is 0 Å². The number of piperidine rings is 1. The van der Waals surface area contributed by atoms with Crippen molar-refractivity contribution in [2.75, 3.05) is 13.1 Å². The first-order valence-electron chi connectivity index (χ1n) is 2.97. The second-order valence-corrected chi connectivity index (χ2v) is 2.11. The van der Waals surface area contributed by atoms with E-state index in [0.717, 1.165) is 6.54 Å². The number of ketones is 1. The zero-order valence-electron chi connectivity index (χ0n) is 5.05. The molecule has 0 bridgehead atoms. The summed E-state index contributed by atoms with van der Waals surface area (Å²) < 4.78 is 0. The van der Waals surface area contributed by atoms with Crippen molar-refractivity contribution in [1.29, 1.82) is 5.26 Å². The highest BCUT2D eigenvalue weighted by molar-refractivity contribution is 5.85. The van der Waals surface area contributed by atoms with E-state index in [9.17, 15) is 4.79 Å². The van der Waals surface area contributed by atoms with Crippen LogP contribution in [0.5, 0.6) is 0 Å². The molecule has 0 saturated carbocycles. The summed E-state index contributed by atoms with van der Waals surface area (Å²) in [4.78, 5) is 10.7. The molecular formula is C6H8N2O. The minimum Gasteiger partial charge on any atom is -0.310 e. The highest BCUT2D eigenvalue weighted by Gasteiger charge is 2.20. The minimum absolute atomic E-state index is 0.0313. The molecule has 9 heavy (non-hydrogen) atoms. The van der Waals surface area contributed by atoms with Gasteiger partial charge in [0.25, 0.3) is 0 Å². The third-order valence-corrected chi connectivity index (χ3v) is 1.45. The summed E-state index contributed by atoms with van der Waals surface area (Å²) in [7, 11) is 0. The molecule has 1 unspecified atom stereocenters. The van der Waals surface area contributed by atoms with Crippen LogP contribution in [0.25, 0.3) is 0 Å². The van der Waals surface area contributed by atoms with Crippen molar-refractivity contribution >= 4 is 5.78 Å². The Balaban J connectivity index is 2.51. The summed E-state index contributed by atoms with van der Waals surface area (Å²) >= 11 is 0. The molecule has 1 N–H and O–H groups in total. The van der Waals surface area contributed by atoms with Crippen molar-refractivity contribution in [2.45, 2.75) is 6.42 Å². The van der Waals surface area contributed by atoms with E-state index in [4.69, 9.17) is 5.26 Å². The lowest BCUT2D eigenvalue weighted by Gasteiger charge is -2.14. The molecule has 0 aromatic carbocycles. The Labute approximate surface area is 53.7 Å². The fraction of sp³-hybridized carbons (Fsp3) is 0.667. The average molecular weight is 124 g/mol. The lowest BCUT2D eigenvalue weighted by atomic mass is 9.99. The maximum Gasteiger partial charge on any atom is 0.163 e. The van der Waals surface area contributed by atoms with Crippen molar-refractivity contribution in [3.8, 4) is 6.07 Å². The number of rotatable bonds is 0. The maximum absolute atomic E-state index is 10.7. The average Bonchev–Trinajstić information content (AvgIpc) is 1.89. The first-order valence-corrected chi connectivity index (χ1v) is 2.97. The van der Waals surface area contributed by atoms with Crippen LogP contribution in [0.1, 0.15) is 6.42 Å². The number of carbonyl (C=O) groups is 1. The smallest absolute Gasteiger partial charge is 0.163 e. The number of Topliss-reactive ketones (excluding diaryl/α,β-unsaturated/α-hetero) is 1. The van der Waals surface area contributed by atoms with Crippen molar-refractivity contribution in [1.82, 2.24) is 5.32 Å². The molecule has 0 aromatic rings. The molecule has 48 valence electrons. The third-order valence-electron chi connectivity index (χ3n) is 1.45. The number of hydrogen-bond donors (Lipinski definition) is 1. The molecule has 1 aliphatic rings. The first-order chi connectivity index (χ1) is 4.34. The van der Waals surface area contributed by atoms with Gasteiger partial charge in [-0.1, -0.05) is 0 Å². The van der Waals surface area contributed by atoms with Crippen LogP contribution in [-0.4, -0.2) is 18.9 Å². The van der Waals surface area contributed by atoms with E-state index in [-0.39, 0.29) is 11.7 Å². The van der Waals surface area contributed by atoms with Gasteiger partial charge in [-0.15, -0.1) is 0 Å². The molecule has 0 aromatic heterocycles. The predicted octanol–water partition coefficient (Wildman–Crippen LogP) is -0.311. The summed E-state index contributed by atoms with van der Waals surface area (Å²) in [6.07, 6.45) is 0.676. The number of hydrogen-bond acceptors (Lipinski definition) is 3. The van der Waals surface area contributed by atoms with Crippen LogP contribution in [0.15, 0.2) is 0 Å². The molecule has 0 aliphatic carbocycles. The van der Waals surface area contributed by atoms with Crippen molar-refractivity contribution in [2.24, 2.45) is 5.92 Å². The molecular weight excluding hydrogens is 116 g/mol. The molecule has 1 aliphatic heterocycles. The molecule has 3 nitrogen and oxygen atoms in total. The van der Waals surface area contributed by atoms with Gasteiger partial charge in [-0.2, -0.15) is 5.26 Å². The molecule has 1 heterocycles. The molecule has 0 radical (unpaired) electrons. The Kier molecular flexibility index (Phi) is 1.81. The van der Waals surface area contributed by atoms with Crippen LogP contribution in [0, 0.1) is 17.2 Å². The molecule has 1 saturated heterocycles. The molecule has 0 spiro atoms. The number of nitrogens with one attached hydrogen (secondary N) is 1. The van der Waals surface area contributed by atoms with Gasteiger partial charge < -0.3 is 5.32 Å². The summed E-state index contributed by atoms with van der Waals surface area (Å²) in [5.74, 6) is -0.310. The maximum atomic E-state index is 10.7. The number of nitrogens with zero attached hydrogens (tertiary/aromatic N) is 1. The monoisotopic (exact) mass is 124 g/mol. The second kappa shape index (κ2) is 2.60. The van der Waals surface area contributed by atoms with Gasteiger partial charge >= 0.3 is 0 Å². The Morgan fingerprint density at radius 2 is 2.56 bits per heavy atom. The van der Waals surface area contributed by atoms with Gasteiger partial charge in [0.05, 0.1) is 12.6 Å². The highest BCUT2D eigenvalue weighted by Crippen LogP contribution is 2.04.